The Hall–Kier alpha value is -2.02. The number of nitrogens with two attached hydrogens (primary N) is 1. The van der Waals surface area contributed by atoms with Crippen LogP contribution in [0.1, 0.15) is 23.0 Å². The second kappa shape index (κ2) is 9.78. The number of para-hydroxylation sites is 1. The third kappa shape index (κ3) is 5.03. The zero-order valence-electron chi connectivity index (χ0n) is 14.9. The summed E-state index contributed by atoms with van der Waals surface area (Å²) in [5, 5.41) is 3.73. The highest BCUT2D eigenvalue weighted by molar-refractivity contribution is 7.98. The van der Waals surface area contributed by atoms with E-state index in [0.717, 1.165) is 10.9 Å². The Kier molecular flexibility index (Phi) is 7.71. The number of nitrogens with one attached hydrogen (secondary N) is 1. The van der Waals surface area contributed by atoms with Gasteiger partial charge in [-0.15, -0.1) is 24.2 Å². The molecular formula is C20H22ClFN2O2S. The maximum atomic E-state index is 13.9. The topological polar surface area (TPSA) is 68.3 Å². The molecule has 0 aliphatic heterocycles. The second-order valence-corrected chi connectivity index (χ2v) is 7.19. The lowest BCUT2D eigenvalue weighted by molar-refractivity contribution is 0.0922. The number of amides is 1. The van der Waals surface area contributed by atoms with Crippen LogP contribution in [0.25, 0.3) is 11.0 Å². The molecule has 1 heterocycles. The molecule has 0 bridgehead atoms. The zero-order chi connectivity index (χ0) is 18.5. The third-order valence-electron chi connectivity index (χ3n) is 4.13. The highest BCUT2D eigenvalue weighted by Crippen LogP contribution is 2.33. The van der Waals surface area contributed by atoms with Gasteiger partial charge in [-0.2, -0.15) is 0 Å². The van der Waals surface area contributed by atoms with Crippen molar-refractivity contribution in [1.29, 1.82) is 0 Å². The van der Waals surface area contributed by atoms with Gasteiger partial charge >= 0.3 is 0 Å². The minimum atomic E-state index is -0.273. The van der Waals surface area contributed by atoms with Crippen molar-refractivity contribution in [3.05, 3.63) is 65.7 Å². The van der Waals surface area contributed by atoms with Crippen LogP contribution >= 0.6 is 24.2 Å². The lowest BCUT2D eigenvalue weighted by Crippen LogP contribution is -2.31. The van der Waals surface area contributed by atoms with Crippen molar-refractivity contribution in [2.24, 2.45) is 11.7 Å². The van der Waals surface area contributed by atoms with Gasteiger partial charge in [0.1, 0.15) is 11.4 Å². The van der Waals surface area contributed by atoms with Gasteiger partial charge in [0.15, 0.2) is 5.76 Å². The number of fused-ring (bicyclic) bond motifs is 1. The molecule has 1 amide bonds. The number of benzene rings is 2. The Bertz CT molecular complexity index is 916. The van der Waals surface area contributed by atoms with Gasteiger partial charge in [0, 0.05) is 28.1 Å². The summed E-state index contributed by atoms with van der Waals surface area (Å²) in [6.07, 6.45) is 0. The Morgan fingerprint density at radius 2 is 1.93 bits per heavy atom. The van der Waals surface area contributed by atoms with E-state index in [1.54, 1.807) is 18.2 Å². The van der Waals surface area contributed by atoms with Gasteiger partial charge in [0.2, 0.25) is 0 Å². The molecule has 0 saturated carbocycles. The summed E-state index contributed by atoms with van der Waals surface area (Å²) in [5.74, 6) is 0.352. The fourth-order valence-electron chi connectivity index (χ4n) is 2.57. The van der Waals surface area contributed by atoms with Crippen LogP contribution in [0.4, 0.5) is 4.39 Å². The van der Waals surface area contributed by atoms with E-state index in [1.807, 2.05) is 31.2 Å². The largest absolute Gasteiger partial charge is 0.451 e. The predicted octanol–water partition coefficient (Wildman–Crippen LogP) is 4.61. The predicted molar refractivity (Wildman–Crippen MR) is 110 cm³/mol. The number of carbonyl (C=O) groups excluding carboxylic acids is 1. The van der Waals surface area contributed by atoms with Crippen molar-refractivity contribution in [2.75, 3.05) is 13.1 Å². The number of carbonyl (C=O) groups is 1. The molecule has 1 atom stereocenters. The second-order valence-electron chi connectivity index (χ2n) is 6.18. The number of hydrogen-bond donors (Lipinski definition) is 2. The molecule has 0 saturated heterocycles. The van der Waals surface area contributed by atoms with Gasteiger partial charge in [-0.05, 0) is 30.7 Å². The van der Waals surface area contributed by atoms with Crippen LogP contribution in [-0.2, 0) is 5.75 Å². The van der Waals surface area contributed by atoms with Crippen LogP contribution in [0.2, 0.25) is 0 Å². The van der Waals surface area contributed by atoms with E-state index >= 15 is 0 Å². The number of rotatable bonds is 7. The molecule has 4 nitrogen and oxygen atoms in total. The molecule has 1 aromatic heterocycles. The van der Waals surface area contributed by atoms with E-state index in [4.69, 9.17) is 10.2 Å². The van der Waals surface area contributed by atoms with Crippen molar-refractivity contribution >= 4 is 41.0 Å². The van der Waals surface area contributed by atoms with Crippen LogP contribution in [-0.4, -0.2) is 19.0 Å². The number of hydrogen-bond acceptors (Lipinski definition) is 4. The van der Waals surface area contributed by atoms with Gasteiger partial charge < -0.3 is 15.5 Å². The lowest BCUT2D eigenvalue weighted by Gasteiger charge is -2.10. The van der Waals surface area contributed by atoms with Crippen LogP contribution < -0.4 is 11.1 Å². The van der Waals surface area contributed by atoms with Crippen molar-refractivity contribution in [3.8, 4) is 0 Å². The summed E-state index contributed by atoms with van der Waals surface area (Å²) in [6, 6.07) is 14.1. The van der Waals surface area contributed by atoms with Crippen LogP contribution in [0.3, 0.4) is 0 Å². The van der Waals surface area contributed by atoms with Crippen LogP contribution in [0, 0.1) is 11.7 Å². The van der Waals surface area contributed by atoms with Crippen molar-refractivity contribution in [1.82, 2.24) is 5.32 Å². The van der Waals surface area contributed by atoms with Crippen molar-refractivity contribution in [3.63, 3.8) is 0 Å². The van der Waals surface area contributed by atoms with E-state index in [9.17, 15) is 9.18 Å². The van der Waals surface area contributed by atoms with Crippen molar-refractivity contribution in [2.45, 2.75) is 17.6 Å². The van der Waals surface area contributed by atoms with Gasteiger partial charge in [-0.25, -0.2) is 4.39 Å². The molecule has 2 aromatic carbocycles. The monoisotopic (exact) mass is 408 g/mol. The lowest BCUT2D eigenvalue weighted by atomic mass is 10.1. The molecule has 0 aliphatic carbocycles. The van der Waals surface area contributed by atoms with Gasteiger partial charge in [-0.3, -0.25) is 4.79 Å². The average molecular weight is 409 g/mol. The number of thioether (sulfide) groups is 1. The van der Waals surface area contributed by atoms with Crippen LogP contribution in [0.5, 0.6) is 0 Å². The third-order valence-corrected chi connectivity index (χ3v) is 5.20. The highest BCUT2D eigenvalue weighted by atomic mass is 35.5. The Morgan fingerprint density at radius 1 is 1.22 bits per heavy atom. The minimum absolute atomic E-state index is 0. The molecule has 3 N–H and O–H groups in total. The first-order valence-electron chi connectivity index (χ1n) is 8.46. The Morgan fingerprint density at radius 3 is 2.67 bits per heavy atom. The first-order valence-corrected chi connectivity index (χ1v) is 9.44. The normalized spacial score (nSPS) is 11.8. The molecule has 0 spiro atoms. The molecule has 27 heavy (non-hydrogen) atoms. The first-order chi connectivity index (χ1) is 12.6. The fourth-order valence-corrected chi connectivity index (χ4v) is 3.53. The summed E-state index contributed by atoms with van der Waals surface area (Å²) in [7, 11) is 0. The Balaban J connectivity index is 0.00000261. The summed E-state index contributed by atoms with van der Waals surface area (Å²) in [6.45, 7) is 2.94. The standard InChI is InChI=1S/C20H21FN2O2S.ClH/c1-13(10-22)11-23-20(24)19-15(14-6-2-4-8-17(14)25-19)12-26-18-9-5-3-7-16(18)21;/h2-9,13H,10-12,22H2,1H3,(H,23,24);1H. The average Bonchev–Trinajstić information content (AvgIpc) is 3.04. The number of halogens is 2. The summed E-state index contributed by atoms with van der Waals surface area (Å²) >= 11 is 1.35. The van der Waals surface area contributed by atoms with Gasteiger partial charge in [-0.1, -0.05) is 37.3 Å². The zero-order valence-corrected chi connectivity index (χ0v) is 16.5. The highest BCUT2D eigenvalue weighted by Gasteiger charge is 2.21. The maximum absolute atomic E-state index is 13.9. The van der Waals surface area contributed by atoms with E-state index < -0.39 is 0 Å². The van der Waals surface area contributed by atoms with Gasteiger partial charge in [0.25, 0.3) is 5.91 Å². The van der Waals surface area contributed by atoms with Crippen LogP contribution in [0.15, 0.2) is 57.8 Å². The summed E-state index contributed by atoms with van der Waals surface area (Å²) < 4.78 is 19.7. The number of furan rings is 1. The molecule has 0 aliphatic rings. The maximum Gasteiger partial charge on any atom is 0.287 e. The molecular weight excluding hydrogens is 387 g/mol. The summed E-state index contributed by atoms with van der Waals surface area (Å²) in [4.78, 5) is 13.1. The quantitative estimate of drug-likeness (QED) is 0.560. The van der Waals surface area contributed by atoms with E-state index in [1.165, 1.54) is 17.8 Å². The van der Waals surface area contributed by atoms with Crippen molar-refractivity contribution < 1.29 is 13.6 Å². The summed E-state index contributed by atoms with van der Waals surface area (Å²) in [5.41, 5.74) is 7.02. The van der Waals surface area contributed by atoms with E-state index in [-0.39, 0.29) is 35.8 Å². The first kappa shape index (κ1) is 21.3. The SMILES string of the molecule is CC(CN)CNC(=O)c1oc2ccccc2c1CSc1ccccc1F.Cl. The molecule has 7 heteroatoms. The molecule has 1 unspecified atom stereocenters. The van der Waals surface area contributed by atoms with Gasteiger partial charge in [0.05, 0.1) is 0 Å². The molecule has 0 radical (unpaired) electrons. The minimum Gasteiger partial charge on any atom is -0.451 e. The fraction of sp³-hybridized carbons (Fsp3) is 0.250. The van der Waals surface area contributed by atoms with E-state index in [0.29, 0.717) is 29.3 Å². The molecule has 0 fully saturated rings. The molecule has 3 aromatic rings. The van der Waals surface area contributed by atoms with E-state index in [2.05, 4.69) is 5.32 Å². The Labute approximate surface area is 168 Å². The molecule has 144 valence electrons. The smallest absolute Gasteiger partial charge is 0.287 e. The molecule has 3 rings (SSSR count).